The van der Waals surface area contributed by atoms with Crippen molar-refractivity contribution in [2.75, 3.05) is 13.1 Å². The van der Waals surface area contributed by atoms with Gasteiger partial charge in [-0.2, -0.15) is 0 Å². The molecule has 35 heavy (non-hydrogen) atoms. The van der Waals surface area contributed by atoms with Gasteiger partial charge < -0.3 is 4.90 Å². The molecule has 0 fully saturated rings. The minimum Gasteiger partial charge on any atom is -0.334 e. The Morgan fingerprint density at radius 2 is 1.43 bits per heavy atom. The van der Waals surface area contributed by atoms with Crippen molar-refractivity contribution in [2.45, 2.75) is 20.3 Å². The first-order valence-corrected chi connectivity index (χ1v) is 11.7. The maximum absolute atomic E-state index is 13.6. The van der Waals surface area contributed by atoms with Gasteiger partial charge in [-0.1, -0.05) is 92.7 Å². The van der Waals surface area contributed by atoms with Crippen LogP contribution in [0.25, 0.3) is 16.9 Å². The van der Waals surface area contributed by atoms with Crippen LogP contribution in [0.15, 0.2) is 95.8 Å². The molecule has 3 aromatic carbocycles. The predicted molar refractivity (Wildman–Crippen MR) is 138 cm³/mol. The number of para-hydroxylation sites is 1. The number of carbonyl (C=O) groups is 2. The average Bonchev–Trinajstić information content (AvgIpc) is 3.22. The van der Waals surface area contributed by atoms with Gasteiger partial charge >= 0.3 is 0 Å². The van der Waals surface area contributed by atoms with Gasteiger partial charge in [0.25, 0.3) is 5.56 Å². The fourth-order valence-corrected chi connectivity index (χ4v) is 4.10. The number of aromatic nitrogens is 2. The van der Waals surface area contributed by atoms with E-state index in [4.69, 9.17) is 0 Å². The van der Waals surface area contributed by atoms with Gasteiger partial charge in [-0.15, -0.1) is 0 Å². The Hall–Kier alpha value is -4.19. The quantitative estimate of drug-likeness (QED) is 0.361. The number of nitrogens with zero attached hydrogens (tertiary/aromatic N) is 2. The van der Waals surface area contributed by atoms with E-state index in [1.165, 1.54) is 4.68 Å². The third-order valence-electron chi connectivity index (χ3n) is 5.72. The van der Waals surface area contributed by atoms with Gasteiger partial charge in [0.1, 0.15) is 5.56 Å². The number of Topliss-reactive ketones (excluding diaryl/α,β-unsaturated/α-hetero) is 1. The lowest BCUT2D eigenvalue weighted by Crippen LogP contribution is -2.40. The van der Waals surface area contributed by atoms with E-state index in [1.807, 2.05) is 92.7 Å². The Labute approximate surface area is 204 Å². The lowest BCUT2D eigenvalue weighted by atomic mass is 10.0. The molecule has 0 aliphatic carbocycles. The summed E-state index contributed by atoms with van der Waals surface area (Å²) in [6.45, 7) is 4.27. The molecule has 4 aromatic rings. The first-order valence-electron chi connectivity index (χ1n) is 11.7. The summed E-state index contributed by atoms with van der Waals surface area (Å²) in [7, 11) is 0. The van der Waals surface area contributed by atoms with Crippen molar-refractivity contribution in [1.82, 2.24) is 14.7 Å². The molecule has 4 rings (SSSR count). The number of carbonyl (C=O) groups excluding carboxylic acids is 2. The van der Waals surface area contributed by atoms with Crippen LogP contribution < -0.4 is 5.56 Å². The summed E-state index contributed by atoms with van der Waals surface area (Å²) >= 11 is 0. The third-order valence-corrected chi connectivity index (χ3v) is 5.72. The fourth-order valence-electron chi connectivity index (χ4n) is 4.10. The van der Waals surface area contributed by atoms with Crippen molar-refractivity contribution < 1.29 is 9.59 Å². The molecule has 0 aliphatic heterocycles. The molecule has 6 nitrogen and oxygen atoms in total. The molecular formula is C29H29N3O3. The van der Waals surface area contributed by atoms with Crippen molar-refractivity contribution >= 4 is 11.7 Å². The fraction of sp³-hybridized carbons (Fsp3) is 0.207. The first-order chi connectivity index (χ1) is 16.9. The van der Waals surface area contributed by atoms with Crippen LogP contribution in [0.5, 0.6) is 0 Å². The van der Waals surface area contributed by atoms with Gasteiger partial charge in [-0.25, -0.2) is 4.68 Å². The highest BCUT2D eigenvalue weighted by atomic mass is 16.2. The lowest BCUT2D eigenvalue weighted by molar-refractivity contribution is -0.130. The number of H-pyrrole nitrogens is 1. The Morgan fingerprint density at radius 1 is 0.857 bits per heavy atom. The van der Waals surface area contributed by atoms with E-state index in [0.717, 1.165) is 11.1 Å². The van der Waals surface area contributed by atoms with Crippen molar-refractivity contribution in [2.24, 2.45) is 5.92 Å². The van der Waals surface area contributed by atoms with Crippen molar-refractivity contribution in [3.8, 4) is 16.9 Å². The molecule has 0 spiro atoms. The molecule has 6 heteroatoms. The molecule has 0 bridgehead atoms. The van der Waals surface area contributed by atoms with Crippen LogP contribution in [-0.2, 0) is 11.2 Å². The summed E-state index contributed by atoms with van der Waals surface area (Å²) in [4.78, 5) is 41.8. The molecule has 0 radical (unpaired) electrons. The van der Waals surface area contributed by atoms with Gasteiger partial charge in [-0.05, 0) is 23.6 Å². The number of benzene rings is 3. The van der Waals surface area contributed by atoms with Crippen molar-refractivity contribution in [3.05, 3.63) is 112 Å². The van der Waals surface area contributed by atoms with E-state index in [0.29, 0.717) is 17.9 Å². The zero-order valence-electron chi connectivity index (χ0n) is 20.0. The van der Waals surface area contributed by atoms with Crippen LogP contribution in [0.2, 0.25) is 0 Å². The van der Waals surface area contributed by atoms with Gasteiger partial charge in [0.15, 0.2) is 5.78 Å². The Kier molecular flexibility index (Phi) is 7.41. The van der Waals surface area contributed by atoms with Crippen LogP contribution in [0.3, 0.4) is 0 Å². The van der Waals surface area contributed by atoms with Gasteiger partial charge in [-0.3, -0.25) is 19.5 Å². The van der Waals surface area contributed by atoms with Gasteiger partial charge in [0, 0.05) is 12.1 Å². The van der Waals surface area contributed by atoms with E-state index in [-0.39, 0.29) is 36.1 Å². The van der Waals surface area contributed by atoms with E-state index >= 15 is 0 Å². The smallest absolute Gasteiger partial charge is 0.282 e. The first kappa shape index (κ1) is 24.0. The zero-order valence-corrected chi connectivity index (χ0v) is 20.0. The SMILES string of the molecule is CC(C)CN(CC(=O)c1c(-c2ccccc2)[nH]n(-c2ccccc2)c1=O)C(=O)Cc1ccccc1. The molecular weight excluding hydrogens is 438 g/mol. The molecule has 178 valence electrons. The molecule has 0 saturated carbocycles. The number of amides is 1. The van der Waals surface area contributed by atoms with Crippen molar-refractivity contribution in [1.29, 1.82) is 0 Å². The Bertz CT molecular complexity index is 1340. The lowest BCUT2D eigenvalue weighted by Gasteiger charge is -2.24. The number of aromatic amines is 1. The molecule has 0 unspecified atom stereocenters. The van der Waals surface area contributed by atoms with E-state index < -0.39 is 5.56 Å². The summed E-state index contributed by atoms with van der Waals surface area (Å²) in [5.74, 6) is -0.358. The highest BCUT2D eigenvalue weighted by Crippen LogP contribution is 2.22. The molecule has 1 amide bonds. The number of ketones is 1. The van der Waals surface area contributed by atoms with E-state index in [2.05, 4.69) is 5.10 Å². The van der Waals surface area contributed by atoms with Gasteiger partial charge in [0.05, 0.1) is 24.3 Å². The summed E-state index contributed by atoms with van der Waals surface area (Å²) < 4.78 is 1.38. The molecule has 0 saturated heterocycles. The van der Waals surface area contributed by atoms with Crippen LogP contribution in [0.1, 0.15) is 29.8 Å². The minimum atomic E-state index is -0.431. The Morgan fingerprint density at radius 3 is 2.03 bits per heavy atom. The highest BCUT2D eigenvalue weighted by molar-refractivity contribution is 6.04. The molecule has 1 heterocycles. The minimum absolute atomic E-state index is 0.0568. The largest absolute Gasteiger partial charge is 0.334 e. The summed E-state index contributed by atoms with van der Waals surface area (Å²) in [6, 6.07) is 27.9. The summed E-state index contributed by atoms with van der Waals surface area (Å²) in [5.41, 5.74) is 2.32. The number of hydrogen-bond acceptors (Lipinski definition) is 3. The second-order valence-electron chi connectivity index (χ2n) is 8.96. The monoisotopic (exact) mass is 467 g/mol. The van der Waals surface area contributed by atoms with E-state index in [1.54, 1.807) is 17.0 Å². The molecule has 0 atom stereocenters. The van der Waals surface area contributed by atoms with Crippen LogP contribution in [-0.4, -0.2) is 39.5 Å². The topological polar surface area (TPSA) is 75.2 Å². The number of hydrogen-bond donors (Lipinski definition) is 1. The number of nitrogens with one attached hydrogen (secondary N) is 1. The normalized spacial score (nSPS) is 10.9. The highest BCUT2D eigenvalue weighted by Gasteiger charge is 2.26. The maximum atomic E-state index is 13.6. The van der Waals surface area contributed by atoms with Crippen molar-refractivity contribution in [3.63, 3.8) is 0 Å². The number of rotatable bonds is 9. The molecule has 1 N–H and O–H groups in total. The van der Waals surface area contributed by atoms with Crippen LogP contribution in [0, 0.1) is 5.92 Å². The zero-order chi connectivity index (χ0) is 24.8. The Balaban J connectivity index is 1.70. The second-order valence-corrected chi connectivity index (χ2v) is 8.96. The summed E-state index contributed by atoms with van der Waals surface area (Å²) in [5, 5.41) is 3.13. The molecule has 0 aliphatic rings. The predicted octanol–water partition coefficient (Wildman–Crippen LogP) is 4.74. The molecule has 1 aromatic heterocycles. The van der Waals surface area contributed by atoms with E-state index in [9.17, 15) is 14.4 Å². The van der Waals surface area contributed by atoms with Crippen LogP contribution in [0.4, 0.5) is 0 Å². The standard InChI is InChI=1S/C29H29N3O3/c1-21(2)19-31(26(34)18-22-12-6-3-7-13-22)20-25(33)27-28(23-14-8-4-9-15-23)30-32(29(27)35)24-16-10-5-11-17-24/h3-17,21,30H,18-20H2,1-2H3. The third kappa shape index (κ3) is 5.66. The second kappa shape index (κ2) is 10.8. The average molecular weight is 468 g/mol. The van der Waals surface area contributed by atoms with Crippen LogP contribution >= 0.6 is 0 Å². The maximum Gasteiger partial charge on any atom is 0.282 e. The summed E-state index contributed by atoms with van der Waals surface area (Å²) in [6.07, 6.45) is 0.202. The van der Waals surface area contributed by atoms with Gasteiger partial charge in [0.2, 0.25) is 5.91 Å².